The number of hydrogen-bond donors (Lipinski definition) is 0. The summed E-state index contributed by atoms with van der Waals surface area (Å²) in [7, 11) is 0. The van der Waals surface area contributed by atoms with Gasteiger partial charge in [-0.1, -0.05) is 0 Å². The van der Waals surface area contributed by atoms with E-state index in [4.69, 9.17) is 0 Å². The molecule has 0 bridgehead atoms. The van der Waals surface area contributed by atoms with Crippen molar-refractivity contribution >= 4 is 16.2 Å². The van der Waals surface area contributed by atoms with Gasteiger partial charge < -0.3 is 0 Å². The summed E-state index contributed by atoms with van der Waals surface area (Å²) in [5.74, 6) is 0. The van der Waals surface area contributed by atoms with Gasteiger partial charge in [0, 0.05) is 0 Å². The summed E-state index contributed by atoms with van der Waals surface area (Å²) in [6, 6.07) is 0. The summed E-state index contributed by atoms with van der Waals surface area (Å²) in [6.07, 6.45) is 0. The van der Waals surface area contributed by atoms with Crippen molar-refractivity contribution in [3.05, 3.63) is 33.6 Å². The van der Waals surface area contributed by atoms with Gasteiger partial charge in [0.2, 0.25) is 0 Å². The quantitative estimate of drug-likeness (QED) is 0.538. The maximum absolute atomic E-state index is 3.64. The van der Waals surface area contributed by atoms with Crippen LogP contribution in [-0.2, 0) is 0 Å². The van der Waals surface area contributed by atoms with Gasteiger partial charge in [0.05, 0.1) is 0 Å². The fourth-order valence-corrected chi connectivity index (χ4v) is 1.50. The average Bonchev–Trinajstić information content (AvgIpc) is 1.72. The van der Waals surface area contributed by atoms with Crippen LogP contribution in [-0.4, -0.2) is 16.2 Å². The average molecular weight is 151 g/mol. The standard InChI is InChI=1S/3C2H3.Ga/c3*1-2;/h3*1H,2H2;. The van der Waals surface area contributed by atoms with Gasteiger partial charge in [0.25, 0.3) is 0 Å². The molecule has 0 spiro atoms. The van der Waals surface area contributed by atoms with Crippen molar-refractivity contribution in [2.75, 3.05) is 0 Å². The molecule has 36 valence electrons. The van der Waals surface area contributed by atoms with Crippen molar-refractivity contribution in [3.63, 3.8) is 0 Å². The Labute approximate surface area is 50.3 Å². The zero-order valence-electron chi connectivity index (χ0n) is 4.43. The van der Waals surface area contributed by atoms with E-state index < -0.39 is 16.2 Å². The second-order valence-electron chi connectivity index (χ2n) is 1.28. The minimum atomic E-state index is -1.28. The van der Waals surface area contributed by atoms with Crippen LogP contribution in [0.5, 0.6) is 0 Å². The molecule has 0 aliphatic carbocycles. The zero-order chi connectivity index (χ0) is 5.70. The zero-order valence-corrected chi connectivity index (χ0v) is 6.85. The monoisotopic (exact) mass is 150 g/mol. The van der Waals surface area contributed by atoms with Crippen LogP contribution in [0.3, 0.4) is 0 Å². The Balaban J connectivity index is 3.57. The molecular formula is C6H9Ga. The molecular weight excluding hydrogens is 142 g/mol. The van der Waals surface area contributed by atoms with Gasteiger partial charge in [-0.2, -0.15) is 0 Å². The van der Waals surface area contributed by atoms with Gasteiger partial charge in [-0.3, -0.25) is 0 Å². The van der Waals surface area contributed by atoms with Gasteiger partial charge in [0.1, 0.15) is 0 Å². The molecule has 0 nitrogen and oxygen atoms in total. The van der Waals surface area contributed by atoms with E-state index in [1.54, 1.807) is 0 Å². The molecule has 0 saturated heterocycles. The normalized spacial score (nSPS) is 6.86. The van der Waals surface area contributed by atoms with Crippen molar-refractivity contribution in [1.29, 1.82) is 0 Å². The SMILES string of the molecule is C=[CH][Ga]([CH]=C)[CH]=C. The molecule has 0 fully saturated rings. The molecule has 0 aliphatic rings. The summed E-state index contributed by atoms with van der Waals surface area (Å²) >= 11 is -1.28. The van der Waals surface area contributed by atoms with E-state index >= 15 is 0 Å². The van der Waals surface area contributed by atoms with E-state index in [9.17, 15) is 0 Å². The molecule has 1 heteroatoms. The van der Waals surface area contributed by atoms with E-state index in [1.165, 1.54) is 0 Å². The third kappa shape index (κ3) is 2.54. The van der Waals surface area contributed by atoms with Crippen molar-refractivity contribution < 1.29 is 0 Å². The molecule has 0 aromatic carbocycles. The van der Waals surface area contributed by atoms with Crippen LogP contribution in [0, 0.1) is 0 Å². The molecule has 0 heterocycles. The minimum absolute atomic E-state index is 1.28. The molecule has 0 atom stereocenters. The van der Waals surface area contributed by atoms with Gasteiger partial charge in [-0.05, 0) is 0 Å². The van der Waals surface area contributed by atoms with Crippen molar-refractivity contribution in [2.24, 2.45) is 0 Å². The summed E-state index contributed by atoms with van der Waals surface area (Å²) < 4.78 is 5.94. The van der Waals surface area contributed by atoms with E-state index in [0.29, 0.717) is 0 Å². The molecule has 0 rings (SSSR count). The van der Waals surface area contributed by atoms with E-state index in [-0.39, 0.29) is 0 Å². The van der Waals surface area contributed by atoms with Crippen LogP contribution >= 0.6 is 0 Å². The third-order valence-electron chi connectivity index (χ3n) is 0.816. The summed E-state index contributed by atoms with van der Waals surface area (Å²) in [6.45, 7) is 10.9. The van der Waals surface area contributed by atoms with Gasteiger partial charge in [-0.25, -0.2) is 0 Å². The van der Waals surface area contributed by atoms with Crippen molar-refractivity contribution in [3.8, 4) is 0 Å². The number of hydrogen-bond acceptors (Lipinski definition) is 0. The van der Waals surface area contributed by atoms with E-state index in [2.05, 4.69) is 19.7 Å². The van der Waals surface area contributed by atoms with Gasteiger partial charge in [0.15, 0.2) is 0 Å². The molecule has 0 N–H and O–H groups in total. The molecule has 0 aromatic rings. The van der Waals surface area contributed by atoms with Gasteiger partial charge in [-0.15, -0.1) is 0 Å². The van der Waals surface area contributed by atoms with Crippen molar-refractivity contribution in [2.45, 2.75) is 0 Å². The molecule has 0 aliphatic heterocycles. The summed E-state index contributed by atoms with van der Waals surface area (Å²) in [5.41, 5.74) is 0. The van der Waals surface area contributed by atoms with Crippen LogP contribution in [0.4, 0.5) is 0 Å². The predicted molar refractivity (Wildman–Crippen MR) is 36.3 cm³/mol. The molecule has 7 heavy (non-hydrogen) atoms. The summed E-state index contributed by atoms with van der Waals surface area (Å²) in [4.78, 5) is 0. The molecule has 0 unspecified atom stereocenters. The predicted octanol–water partition coefficient (Wildman–Crippen LogP) is 1.66. The second-order valence-corrected chi connectivity index (χ2v) is 6.67. The fraction of sp³-hybridized carbons (Fsp3) is 0. The Kier molecular flexibility index (Phi) is 3.94. The first kappa shape index (κ1) is 6.86. The number of rotatable bonds is 3. The first-order chi connectivity index (χ1) is 3.35. The topological polar surface area (TPSA) is 0 Å². The Morgan fingerprint density at radius 3 is 1.14 bits per heavy atom. The molecule has 0 radical (unpaired) electrons. The van der Waals surface area contributed by atoms with Crippen LogP contribution in [0.25, 0.3) is 0 Å². The van der Waals surface area contributed by atoms with Crippen LogP contribution in [0.15, 0.2) is 33.6 Å². The van der Waals surface area contributed by atoms with E-state index in [1.807, 2.05) is 13.9 Å². The molecule has 0 amide bonds. The Morgan fingerprint density at radius 1 is 0.857 bits per heavy atom. The molecule has 0 saturated carbocycles. The third-order valence-corrected chi connectivity index (χ3v) is 4.24. The Bertz CT molecular complexity index is 65.2. The second kappa shape index (κ2) is 4.03. The van der Waals surface area contributed by atoms with Gasteiger partial charge >= 0.3 is 49.8 Å². The van der Waals surface area contributed by atoms with Crippen LogP contribution in [0.2, 0.25) is 0 Å². The Hall–Kier alpha value is -0.144. The summed E-state index contributed by atoms with van der Waals surface area (Å²) in [5, 5.41) is 0. The first-order valence-corrected chi connectivity index (χ1v) is 6.42. The molecule has 0 aromatic heterocycles. The van der Waals surface area contributed by atoms with E-state index in [0.717, 1.165) is 0 Å². The van der Waals surface area contributed by atoms with Crippen LogP contribution in [0.1, 0.15) is 0 Å². The van der Waals surface area contributed by atoms with Crippen molar-refractivity contribution in [1.82, 2.24) is 0 Å². The van der Waals surface area contributed by atoms with Crippen LogP contribution < -0.4 is 0 Å². The fourth-order valence-electron chi connectivity index (χ4n) is 0.289. The first-order valence-electron chi connectivity index (χ1n) is 2.22. The maximum atomic E-state index is 3.64. The Morgan fingerprint density at radius 2 is 1.14 bits per heavy atom.